The van der Waals surface area contributed by atoms with E-state index < -0.39 is 0 Å². The van der Waals surface area contributed by atoms with Crippen LogP contribution < -0.4 is 13.5 Å². The standard InChI is InChI=1S/C18H21O2.H2P.Pd/c1-13(2)19-16-11-8-12-17(20-14(3)4)18(16)15-9-6-5-7-10-15;;/h5-9,11-14H,1-4H3;1H2;/q;-1;+1. The number of hydrogen-bond donors (Lipinski definition) is 0. The first-order chi connectivity index (χ1) is 10.5. The van der Waals surface area contributed by atoms with Gasteiger partial charge in [0, 0.05) is 0 Å². The van der Waals surface area contributed by atoms with Crippen LogP contribution in [0.25, 0.3) is 11.1 Å². The molecule has 1 unspecified atom stereocenters. The van der Waals surface area contributed by atoms with Crippen molar-refractivity contribution < 1.29 is 27.0 Å². The van der Waals surface area contributed by atoms with E-state index in [9.17, 15) is 0 Å². The summed E-state index contributed by atoms with van der Waals surface area (Å²) >= 11 is 0.443. The molecule has 0 aliphatic carbocycles. The number of benzene rings is 2. The van der Waals surface area contributed by atoms with E-state index >= 15 is 0 Å². The van der Waals surface area contributed by atoms with Crippen LogP contribution in [0.15, 0.2) is 42.5 Å². The van der Waals surface area contributed by atoms with Crippen LogP contribution in [0, 0.1) is 0 Å². The van der Waals surface area contributed by atoms with Gasteiger partial charge in [-0.25, -0.2) is 0 Å². The zero-order chi connectivity index (χ0) is 16.1. The molecule has 122 valence electrons. The fraction of sp³-hybridized carbons (Fsp3) is 0.333. The second-order valence-electron chi connectivity index (χ2n) is 5.50. The normalized spacial score (nSPS) is 11.2. The topological polar surface area (TPSA) is 18.5 Å². The van der Waals surface area contributed by atoms with E-state index in [1.54, 1.807) is 0 Å². The molecule has 0 aliphatic rings. The predicted octanol–water partition coefficient (Wildman–Crippen LogP) is 4.43. The summed E-state index contributed by atoms with van der Waals surface area (Å²) < 4.78 is 13.4. The van der Waals surface area contributed by atoms with Crippen molar-refractivity contribution in [1.82, 2.24) is 0 Å². The zero-order valence-corrected chi connectivity index (χ0v) is 16.1. The van der Waals surface area contributed by atoms with Crippen molar-refractivity contribution in [2.75, 3.05) is 0 Å². The van der Waals surface area contributed by atoms with Crippen molar-refractivity contribution in [2.24, 2.45) is 0 Å². The van der Waals surface area contributed by atoms with Crippen LogP contribution in [0.4, 0.5) is 0 Å². The van der Waals surface area contributed by atoms with Gasteiger partial charge < -0.3 is 0 Å². The summed E-state index contributed by atoms with van der Waals surface area (Å²) in [6.45, 7) is 8.18. The molecule has 0 aromatic heterocycles. The third-order valence-electron chi connectivity index (χ3n) is 2.93. The van der Waals surface area contributed by atoms with Crippen molar-refractivity contribution in [3.05, 3.63) is 42.5 Å². The maximum atomic E-state index is 6.04. The fourth-order valence-corrected chi connectivity index (χ4v) is 4.01. The SMILES string of the molecule is CC(C)Oc1cccc(OC(C)C)c1-c1cccc[c]1[Pd][PH2]. The van der Waals surface area contributed by atoms with Crippen molar-refractivity contribution >= 4 is 11.5 Å². The molecule has 0 N–H and O–H groups in total. The van der Waals surface area contributed by atoms with E-state index in [2.05, 4.69) is 31.7 Å². The van der Waals surface area contributed by atoms with E-state index in [1.165, 1.54) is 9.60 Å². The minimum atomic E-state index is 0.126. The molecule has 0 aliphatic heterocycles. The van der Waals surface area contributed by atoms with Gasteiger partial charge in [-0.2, -0.15) is 0 Å². The summed E-state index contributed by atoms with van der Waals surface area (Å²) in [7, 11) is 2.85. The van der Waals surface area contributed by atoms with E-state index in [0.717, 1.165) is 17.1 Å². The monoisotopic (exact) mass is 408 g/mol. The van der Waals surface area contributed by atoms with Crippen LogP contribution in [-0.2, 0) is 17.5 Å². The molecular formula is C18H23O2PPd. The summed E-state index contributed by atoms with van der Waals surface area (Å²) in [6.07, 6.45) is 0.251. The van der Waals surface area contributed by atoms with Gasteiger partial charge in [0.1, 0.15) is 0 Å². The molecule has 0 radical (unpaired) electrons. The average Bonchev–Trinajstić information content (AvgIpc) is 2.46. The van der Waals surface area contributed by atoms with Gasteiger partial charge >= 0.3 is 143 Å². The Morgan fingerprint density at radius 2 is 1.36 bits per heavy atom. The van der Waals surface area contributed by atoms with Crippen molar-refractivity contribution in [2.45, 2.75) is 39.9 Å². The molecule has 0 heterocycles. The Labute approximate surface area is 143 Å². The van der Waals surface area contributed by atoms with Gasteiger partial charge in [-0.1, -0.05) is 0 Å². The number of hydrogen-bond acceptors (Lipinski definition) is 2. The fourth-order valence-electron chi connectivity index (χ4n) is 2.21. The maximum absolute atomic E-state index is 6.04. The summed E-state index contributed by atoms with van der Waals surface area (Å²) in [4.78, 5) is 0. The van der Waals surface area contributed by atoms with Crippen LogP contribution in [0.2, 0.25) is 0 Å². The van der Waals surface area contributed by atoms with Gasteiger partial charge in [0.15, 0.2) is 0 Å². The summed E-state index contributed by atoms with van der Waals surface area (Å²) in [5.74, 6) is 1.76. The first-order valence-corrected chi connectivity index (χ1v) is 11.2. The molecular weight excluding hydrogens is 386 g/mol. The first-order valence-electron chi connectivity index (χ1n) is 7.35. The van der Waals surface area contributed by atoms with Crippen LogP contribution in [0.3, 0.4) is 0 Å². The Morgan fingerprint density at radius 1 is 0.818 bits per heavy atom. The van der Waals surface area contributed by atoms with Crippen LogP contribution >= 0.6 is 7.43 Å². The van der Waals surface area contributed by atoms with E-state index in [0.29, 0.717) is 17.5 Å². The zero-order valence-electron chi connectivity index (χ0n) is 13.4. The Balaban J connectivity index is 2.63. The van der Waals surface area contributed by atoms with Crippen LogP contribution in [0.5, 0.6) is 11.5 Å². The molecule has 0 saturated heterocycles. The molecule has 0 fully saturated rings. The Morgan fingerprint density at radius 3 is 1.86 bits per heavy atom. The number of rotatable bonds is 6. The van der Waals surface area contributed by atoms with Gasteiger partial charge in [-0.05, 0) is 0 Å². The first kappa shape index (κ1) is 17.5. The van der Waals surface area contributed by atoms with Crippen molar-refractivity contribution in [3.63, 3.8) is 0 Å². The van der Waals surface area contributed by atoms with E-state index in [-0.39, 0.29) is 12.2 Å². The van der Waals surface area contributed by atoms with Gasteiger partial charge in [0.2, 0.25) is 0 Å². The molecule has 22 heavy (non-hydrogen) atoms. The second kappa shape index (κ2) is 8.12. The van der Waals surface area contributed by atoms with Gasteiger partial charge in [0.05, 0.1) is 0 Å². The van der Waals surface area contributed by atoms with E-state index in [1.807, 2.05) is 45.9 Å². The third kappa shape index (κ3) is 4.33. The molecule has 0 spiro atoms. The quantitative estimate of drug-likeness (QED) is 0.520. The molecule has 0 amide bonds. The molecule has 1 atom stereocenters. The molecule has 2 aromatic rings. The van der Waals surface area contributed by atoms with Gasteiger partial charge in [-0.15, -0.1) is 0 Å². The molecule has 4 heteroatoms. The molecule has 2 nitrogen and oxygen atoms in total. The predicted molar refractivity (Wildman–Crippen MR) is 92.8 cm³/mol. The average molecular weight is 409 g/mol. The van der Waals surface area contributed by atoms with E-state index in [4.69, 9.17) is 9.47 Å². The van der Waals surface area contributed by atoms with Gasteiger partial charge in [-0.3, -0.25) is 0 Å². The molecule has 0 bridgehead atoms. The number of ether oxygens (including phenoxy) is 2. The second-order valence-corrected chi connectivity index (χ2v) is 7.87. The molecule has 2 aromatic carbocycles. The Bertz CT molecular complexity index is 598. The van der Waals surface area contributed by atoms with Crippen molar-refractivity contribution in [1.29, 1.82) is 0 Å². The third-order valence-corrected chi connectivity index (χ3v) is 5.25. The minimum absolute atomic E-state index is 0.126. The molecule has 0 saturated carbocycles. The van der Waals surface area contributed by atoms with Gasteiger partial charge in [0.25, 0.3) is 0 Å². The summed E-state index contributed by atoms with van der Waals surface area (Å²) in [5.41, 5.74) is 2.25. The Hall–Kier alpha value is -0.868. The Kier molecular flexibility index (Phi) is 6.45. The van der Waals surface area contributed by atoms with Crippen LogP contribution in [0.1, 0.15) is 27.7 Å². The molecule has 2 rings (SSSR count). The summed E-state index contributed by atoms with van der Waals surface area (Å²) in [6, 6.07) is 14.5. The van der Waals surface area contributed by atoms with Crippen molar-refractivity contribution in [3.8, 4) is 22.6 Å². The summed E-state index contributed by atoms with van der Waals surface area (Å²) in [5, 5.41) is 0. The van der Waals surface area contributed by atoms with Crippen LogP contribution in [-0.4, -0.2) is 12.2 Å².